The molecule has 7 heteroatoms. The van der Waals surface area contributed by atoms with Gasteiger partial charge in [-0.15, -0.1) is 0 Å². The Balaban J connectivity index is 1.44. The van der Waals surface area contributed by atoms with Crippen LogP contribution in [0, 0.1) is 26.7 Å². The van der Waals surface area contributed by atoms with Crippen LogP contribution in [0.1, 0.15) is 22.8 Å². The number of carbonyl (C=O) groups is 2. The van der Waals surface area contributed by atoms with Crippen molar-refractivity contribution in [2.24, 2.45) is 5.92 Å². The van der Waals surface area contributed by atoms with Crippen molar-refractivity contribution < 1.29 is 9.59 Å². The number of hydrogen-bond donors (Lipinski definition) is 1. The molecule has 7 nitrogen and oxygen atoms in total. The van der Waals surface area contributed by atoms with Crippen LogP contribution in [-0.2, 0) is 22.6 Å². The molecule has 1 aliphatic rings. The Morgan fingerprint density at radius 2 is 1.88 bits per heavy atom. The molecular formula is C25H29N5O2. The molecule has 1 unspecified atom stereocenters. The molecule has 1 saturated heterocycles. The lowest BCUT2D eigenvalue weighted by molar-refractivity contribution is -0.132. The molecule has 2 amide bonds. The van der Waals surface area contributed by atoms with E-state index in [2.05, 4.69) is 70.9 Å². The Morgan fingerprint density at radius 1 is 1.09 bits per heavy atom. The highest BCUT2D eigenvalue weighted by molar-refractivity contribution is 5.82. The summed E-state index contributed by atoms with van der Waals surface area (Å²) < 4.78 is 1.62. The van der Waals surface area contributed by atoms with Crippen LogP contribution < -0.4 is 5.32 Å². The molecule has 1 atom stereocenters. The van der Waals surface area contributed by atoms with E-state index in [4.69, 9.17) is 0 Å². The van der Waals surface area contributed by atoms with Crippen LogP contribution in [0.2, 0.25) is 0 Å². The van der Waals surface area contributed by atoms with E-state index in [0.717, 1.165) is 11.1 Å². The van der Waals surface area contributed by atoms with Crippen molar-refractivity contribution in [3.05, 3.63) is 71.3 Å². The molecule has 166 valence electrons. The van der Waals surface area contributed by atoms with Crippen LogP contribution >= 0.6 is 0 Å². The Bertz CT molecular complexity index is 1120. The number of hydrogen-bond acceptors (Lipinski definition) is 4. The van der Waals surface area contributed by atoms with E-state index in [0.29, 0.717) is 37.7 Å². The molecule has 0 aliphatic carbocycles. The minimum atomic E-state index is -0.287. The number of rotatable bonds is 5. The molecule has 2 heterocycles. The summed E-state index contributed by atoms with van der Waals surface area (Å²) >= 11 is 0. The highest BCUT2D eigenvalue weighted by atomic mass is 16.2. The van der Waals surface area contributed by atoms with Gasteiger partial charge in [-0.3, -0.25) is 9.59 Å². The standard InChI is InChI=1S/C25H29N5O2/c1-17-5-4-6-22(13-17)21-9-7-20(8-10-21)14-23-15-29(12-11-26-25(23)32)24(31)16-30-19(3)27-18(2)28-30/h4-10,13,23H,11-12,14-16H2,1-3H3,(H,26,32). The van der Waals surface area contributed by atoms with E-state index in [9.17, 15) is 9.59 Å². The number of nitrogens with zero attached hydrogens (tertiary/aromatic N) is 4. The number of aromatic nitrogens is 3. The van der Waals surface area contributed by atoms with Gasteiger partial charge in [0, 0.05) is 19.6 Å². The summed E-state index contributed by atoms with van der Waals surface area (Å²) in [7, 11) is 0. The first kappa shape index (κ1) is 21.7. The topological polar surface area (TPSA) is 80.1 Å². The van der Waals surface area contributed by atoms with Gasteiger partial charge in [0.15, 0.2) is 0 Å². The predicted molar refractivity (Wildman–Crippen MR) is 123 cm³/mol. The molecule has 4 rings (SSSR count). The minimum Gasteiger partial charge on any atom is -0.354 e. The zero-order chi connectivity index (χ0) is 22.7. The van der Waals surface area contributed by atoms with Gasteiger partial charge in [-0.2, -0.15) is 5.10 Å². The van der Waals surface area contributed by atoms with Crippen LogP contribution in [0.25, 0.3) is 11.1 Å². The molecule has 3 aromatic rings. The number of benzene rings is 2. The molecule has 0 spiro atoms. The van der Waals surface area contributed by atoms with Gasteiger partial charge < -0.3 is 10.2 Å². The zero-order valence-electron chi connectivity index (χ0n) is 18.8. The molecular weight excluding hydrogens is 402 g/mol. The third-order valence-corrected chi connectivity index (χ3v) is 5.88. The smallest absolute Gasteiger partial charge is 0.244 e. The van der Waals surface area contributed by atoms with Crippen LogP contribution in [-0.4, -0.2) is 51.1 Å². The molecule has 1 aromatic heterocycles. The van der Waals surface area contributed by atoms with Crippen molar-refractivity contribution in [1.29, 1.82) is 0 Å². The molecule has 2 aromatic carbocycles. The van der Waals surface area contributed by atoms with E-state index in [-0.39, 0.29) is 24.3 Å². The van der Waals surface area contributed by atoms with Crippen molar-refractivity contribution in [3.8, 4) is 11.1 Å². The van der Waals surface area contributed by atoms with Crippen LogP contribution in [0.3, 0.4) is 0 Å². The average Bonchev–Trinajstić information content (AvgIpc) is 2.97. The maximum Gasteiger partial charge on any atom is 0.244 e. The number of amides is 2. The number of carbonyl (C=O) groups excluding carboxylic acids is 2. The highest BCUT2D eigenvalue weighted by Gasteiger charge is 2.28. The van der Waals surface area contributed by atoms with Gasteiger partial charge in [0.1, 0.15) is 18.2 Å². The first-order chi connectivity index (χ1) is 15.4. The third kappa shape index (κ3) is 5.04. The summed E-state index contributed by atoms with van der Waals surface area (Å²) in [6.07, 6.45) is 0.588. The van der Waals surface area contributed by atoms with Crippen LogP contribution in [0.15, 0.2) is 48.5 Å². The second-order valence-corrected chi connectivity index (χ2v) is 8.46. The molecule has 1 fully saturated rings. The van der Waals surface area contributed by atoms with Crippen molar-refractivity contribution in [2.45, 2.75) is 33.7 Å². The van der Waals surface area contributed by atoms with Crippen molar-refractivity contribution in [2.75, 3.05) is 19.6 Å². The SMILES string of the molecule is Cc1cccc(-c2ccc(CC3CN(C(=O)Cn4nc(C)nc4C)CCNC3=O)cc2)c1. The lowest BCUT2D eigenvalue weighted by Gasteiger charge is -2.23. The van der Waals surface area contributed by atoms with Gasteiger partial charge in [0.2, 0.25) is 11.8 Å². The Kier molecular flexibility index (Phi) is 6.35. The second kappa shape index (κ2) is 9.34. The fourth-order valence-electron chi connectivity index (χ4n) is 4.16. The lowest BCUT2D eigenvalue weighted by Crippen LogP contribution is -2.39. The lowest BCUT2D eigenvalue weighted by atomic mass is 9.95. The van der Waals surface area contributed by atoms with E-state index in [1.807, 2.05) is 13.8 Å². The van der Waals surface area contributed by atoms with Gasteiger partial charge in [-0.05, 0) is 43.9 Å². The molecule has 1 aliphatic heterocycles. The normalized spacial score (nSPS) is 16.5. The largest absolute Gasteiger partial charge is 0.354 e. The number of nitrogens with one attached hydrogen (secondary N) is 1. The summed E-state index contributed by atoms with van der Waals surface area (Å²) in [4.78, 5) is 31.6. The monoisotopic (exact) mass is 431 g/mol. The van der Waals surface area contributed by atoms with E-state index >= 15 is 0 Å². The van der Waals surface area contributed by atoms with Gasteiger partial charge in [-0.1, -0.05) is 54.1 Å². The fourth-order valence-corrected chi connectivity index (χ4v) is 4.16. The molecule has 0 saturated carbocycles. The Labute approximate surface area is 188 Å². The molecule has 0 bridgehead atoms. The summed E-state index contributed by atoms with van der Waals surface area (Å²) in [6.45, 7) is 7.23. The van der Waals surface area contributed by atoms with Crippen molar-refractivity contribution >= 4 is 11.8 Å². The molecule has 32 heavy (non-hydrogen) atoms. The van der Waals surface area contributed by atoms with Crippen LogP contribution in [0.4, 0.5) is 0 Å². The van der Waals surface area contributed by atoms with E-state index < -0.39 is 0 Å². The van der Waals surface area contributed by atoms with Gasteiger partial charge in [0.05, 0.1) is 5.92 Å². The van der Waals surface area contributed by atoms with Crippen LogP contribution in [0.5, 0.6) is 0 Å². The highest BCUT2D eigenvalue weighted by Crippen LogP contribution is 2.22. The quantitative estimate of drug-likeness (QED) is 0.674. The fraction of sp³-hybridized carbons (Fsp3) is 0.360. The maximum atomic E-state index is 12.9. The summed E-state index contributed by atoms with van der Waals surface area (Å²) in [5.74, 6) is 1.02. The van der Waals surface area contributed by atoms with Gasteiger partial charge in [0.25, 0.3) is 0 Å². The van der Waals surface area contributed by atoms with Gasteiger partial charge >= 0.3 is 0 Å². The first-order valence-corrected chi connectivity index (χ1v) is 11.0. The summed E-state index contributed by atoms with van der Waals surface area (Å²) in [6, 6.07) is 16.7. The number of aryl methyl sites for hydroxylation is 3. The first-order valence-electron chi connectivity index (χ1n) is 11.0. The third-order valence-electron chi connectivity index (χ3n) is 5.88. The summed E-state index contributed by atoms with van der Waals surface area (Å²) in [5.41, 5.74) is 4.64. The Morgan fingerprint density at radius 3 is 2.56 bits per heavy atom. The second-order valence-electron chi connectivity index (χ2n) is 8.46. The van der Waals surface area contributed by atoms with Gasteiger partial charge in [-0.25, -0.2) is 9.67 Å². The zero-order valence-corrected chi connectivity index (χ0v) is 18.8. The van der Waals surface area contributed by atoms with E-state index in [1.54, 1.807) is 9.58 Å². The molecule has 0 radical (unpaired) electrons. The predicted octanol–water partition coefficient (Wildman–Crippen LogP) is 2.69. The van der Waals surface area contributed by atoms with Crippen molar-refractivity contribution in [1.82, 2.24) is 25.0 Å². The maximum absolute atomic E-state index is 12.9. The average molecular weight is 432 g/mol. The Hall–Kier alpha value is -3.48. The van der Waals surface area contributed by atoms with E-state index in [1.165, 1.54) is 11.1 Å². The molecule has 1 N–H and O–H groups in total. The minimum absolute atomic E-state index is 0.00385. The van der Waals surface area contributed by atoms with Crippen molar-refractivity contribution in [3.63, 3.8) is 0 Å². The summed E-state index contributed by atoms with van der Waals surface area (Å²) in [5, 5.41) is 7.24.